The second-order valence-corrected chi connectivity index (χ2v) is 2.87. The number of allylic oxidation sites excluding steroid dienone is 2. The lowest BCUT2D eigenvalue weighted by Crippen LogP contribution is -2.21. The van der Waals surface area contributed by atoms with E-state index in [-0.39, 0.29) is 0 Å². The van der Waals surface area contributed by atoms with Crippen LogP contribution in [-0.4, -0.2) is 4.98 Å². The quantitative estimate of drug-likeness (QED) is 0.572. The average Bonchev–Trinajstić information content (AvgIpc) is 2.23. The van der Waals surface area contributed by atoms with E-state index >= 15 is 0 Å². The molecule has 0 spiro atoms. The van der Waals surface area contributed by atoms with E-state index in [1.807, 2.05) is 31.2 Å². The summed E-state index contributed by atoms with van der Waals surface area (Å²) in [6.07, 6.45) is 7.69. The Morgan fingerprint density at radius 1 is 1.58 bits per heavy atom. The highest BCUT2D eigenvalue weighted by Gasteiger charge is 1.99. The van der Waals surface area contributed by atoms with Gasteiger partial charge in [0.15, 0.2) is 5.42 Å². The van der Waals surface area contributed by atoms with E-state index in [0.29, 0.717) is 11.3 Å². The number of rotatable bonds is 0. The predicted molar refractivity (Wildman–Crippen MR) is 45.8 cm³/mol. The monoisotopic (exact) mass is 163 g/mol. The van der Waals surface area contributed by atoms with Crippen molar-refractivity contribution in [1.82, 2.24) is 4.98 Å². The van der Waals surface area contributed by atoms with Gasteiger partial charge in [0.25, 0.3) is 0 Å². The molecule has 1 aromatic rings. The van der Waals surface area contributed by atoms with E-state index in [4.69, 9.17) is 4.42 Å². The fourth-order valence-corrected chi connectivity index (χ4v) is 1.22. The normalized spacial score (nSPS) is 20.6. The van der Waals surface area contributed by atoms with Gasteiger partial charge in [-0.3, -0.25) is 4.98 Å². The van der Waals surface area contributed by atoms with Gasteiger partial charge in [-0.05, 0) is 18.1 Å². The third-order valence-corrected chi connectivity index (χ3v) is 1.80. The summed E-state index contributed by atoms with van der Waals surface area (Å²) >= 11 is 0. The van der Waals surface area contributed by atoms with Crippen LogP contribution in [0.25, 0.3) is 12.2 Å². The Morgan fingerprint density at radius 2 is 2.42 bits per heavy atom. The molecule has 0 amide bonds. The Labute approximate surface area is 68.7 Å². The summed E-state index contributed by atoms with van der Waals surface area (Å²) in [5.41, 5.74) is 0.637. The Kier molecular flexibility index (Phi) is 1.50. The molecule has 62 valence electrons. The second-order valence-electron chi connectivity index (χ2n) is 2.87. The average molecular weight is 163 g/mol. The fourth-order valence-electron chi connectivity index (χ4n) is 1.22. The van der Waals surface area contributed by atoms with Crippen molar-refractivity contribution in [3.8, 4) is 0 Å². The Hall–Kier alpha value is -1.51. The molecule has 0 bridgehead atoms. The Balaban J connectivity index is 2.83. The number of hydrogen-bond acceptors (Lipinski definition) is 2. The zero-order chi connectivity index (χ0) is 8.55. The first-order valence-corrected chi connectivity index (χ1v) is 3.85. The van der Waals surface area contributed by atoms with Crippen molar-refractivity contribution in [1.29, 1.82) is 0 Å². The van der Waals surface area contributed by atoms with Crippen LogP contribution in [0.2, 0.25) is 0 Å². The maximum atomic E-state index is 10.8. The molecule has 3 heteroatoms. The van der Waals surface area contributed by atoms with Crippen LogP contribution in [0.1, 0.15) is 6.92 Å². The first kappa shape index (κ1) is 7.16. The number of fused-ring (bicyclic) bond motifs is 1. The molecule has 0 fully saturated rings. The SMILES string of the molecule is CC1C=CC=c2[nH]c(=O)oc2=C1. The molecular formula is C9H9NO2. The van der Waals surface area contributed by atoms with Gasteiger partial charge in [0.05, 0.1) is 5.35 Å². The van der Waals surface area contributed by atoms with Crippen molar-refractivity contribution in [3.63, 3.8) is 0 Å². The van der Waals surface area contributed by atoms with Crippen molar-refractivity contribution in [3.05, 3.63) is 33.5 Å². The van der Waals surface area contributed by atoms with Crippen LogP contribution in [0.5, 0.6) is 0 Å². The van der Waals surface area contributed by atoms with Gasteiger partial charge in [-0.1, -0.05) is 19.1 Å². The third kappa shape index (κ3) is 1.13. The van der Waals surface area contributed by atoms with Crippen LogP contribution in [0, 0.1) is 5.92 Å². The molecular weight excluding hydrogens is 154 g/mol. The number of aromatic amines is 1. The van der Waals surface area contributed by atoms with Crippen LogP contribution in [0.4, 0.5) is 0 Å². The van der Waals surface area contributed by atoms with Crippen molar-refractivity contribution >= 4 is 12.2 Å². The molecule has 1 atom stereocenters. The molecule has 0 saturated carbocycles. The number of hydrogen-bond donors (Lipinski definition) is 1. The summed E-state index contributed by atoms with van der Waals surface area (Å²) in [5, 5.41) is 0.751. The number of aromatic nitrogens is 1. The van der Waals surface area contributed by atoms with Gasteiger partial charge >= 0.3 is 5.76 Å². The van der Waals surface area contributed by atoms with Crippen molar-refractivity contribution in [2.75, 3.05) is 0 Å². The summed E-state index contributed by atoms with van der Waals surface area (Å²) in [7, 11) is 0. The van der Waals surface area contributed by atoms with E-state index in [9.17, 15) is 4.79 Å². The first-order chi connectivity index (χ1) is 5.75. The largest absolute Gasteiger partial charge is 0.417 e. The standard InChI is InChI=1S/C9H9NO2/c1-6-3-2-4-7-8(5-6)12-9(11)10-7/h2-6H,1H3,(H,10,11). The predicted octanol–water partition coefficient (Wildman–Crippen LogP) is -0.265. The van der Waals surface area contributed by atoms with Gasteiger partial charge in [0.1, 0.15) is 0 Å². The fraction of sp³-hybridized carbons (Fsp3) is 0.222. The van der Waals surface area contributed by atoms with Gasteiger partial charge in [-0.25, -0.2) is 4.79 Å². The van der Waals surface area contributed by atoms with E-state index in [2.05, 4.69) is 4.98 Å². The highest BCUT2D eigenvalue weighted by atomic mass is 16.4. The molecule has 1 N–H and O–H groups in total. The highest BCUT2D eigenvalue weighted by Crippen LogP contribution is 1.99. The minimum Gasteiger partial charge on any atom is -0.408 e. The van der Waals surface area contributed by atoms with Gasteiger partial charge < -0.3 is 4.42 Å². The van der Waals surface area contributed by atoms with E-state index in [0.717, 1.165) is 5.35 Å². The summed E-state index contributed by atoms with van der Waals surface area (Å²) in [5.74, 6) is -0.0866. The minimum absolute atomic E-state index is 0.307. The molecule has 0 radical (unpaired) electrons. The molecule has 1 aliphatic rings. The molecule has 1 unspecified atom stereocenters. The zero-order valence-corrected chi connectivity index (χ0v) is 6.70. The molecule has 0 saturated heterocycles. The maximum absolute atomic E-state index is 10.8. The smallest absolute Gasteiger partial charge is 0.408 e. The lowest BCUT2D eigenvalue weighted by Gasteiger charge is -1.90. The number of oxazole rings is 1. The maximum Gasteiger partial charge on any atom is 0.417 e. The Bertz CT molecular complexity index is 475. The Morgan fingerprint density at radius 3 is 3.25 bits per heavy atom. The van der Waals surface area contributed by atoms with E-state index in [1.54, 1.807) is 0 Å². The molecule has 1 heterocycles. The van der Waals surface area contributed by atoms with E-state index < -0.39 is 5.76 Å². The zero-order valence-electron chi connectivity index (χ0n) is 6.70. The van der Waals surface area contributed by atoms with Crippen molar-refractivity contribution in [2.45, 2.75) is 6.92 Å². The van der Waals surface area contributed by atoms with Crippen LogP contribution in [0.3, 0.4) is 0 Å². The van der Waals surface area contributed by atoms with Gasteiger partial charge in [0.2, 0.25) is 0 Å². The van der Waals surface area contributed by atoms with Crippen molar-refractivity contribution < 1.29 is 4.42 Å². The molecule has 0 aliphatic heterocycles. The molecule has 0 aromatic carbocycles. The summed E-state index contributed by atoms with van der Waals surface area (Å²) in [6.45, 7) is 2.03. The van der Waals surface area contributed by atoms with Gasteiger partial charge in [-0.2, -0.15) is 0 Å². The van der Waals surface area contributed by atoms with Crippen LogP contribution in [-0.2, 0) is 0 Å². The van der Waals surface area contributed by atoms with Crippen molar-refractivity contribution in [2.24, 2.45) is 5.92 Å². The van der Waals surface area contributed by atoms with Gasteiger partial charge in [-0.15, -0.1) is 0 Å². The lowest BCUT2D eigenvalue weighted by atomic mass is 10.2. The molecule has 1 aromatic heterocycles. The van der Waals surface area contributed by atoms with Gasteiger partial charge in [0, 0.05) is 0 Å². The topological polar surface area (TPSA) is 46.0 Å². The molecule has 3 nitrogen and oxygen atoms in total. The minimum atomic E-state index is -0.394. The third-order valence-electron chi connectivity index (χ3n) is 1.80. The molecule has 1 aliphatic carbocycles. The summed E-state index contributed by atoms with van der Waals surface area (Å²) in [6, 6.07) is 0. The van der Waals surface area contributed by atoms with Crippen LogP contribution >= 0.6 is 0 Å². The first-order valence-electron chi connectivity index (χ1n) is 3.85. The highest BCUT2D eigenvalue weighted by molar-refractivity contribution is 5.41. The molecule has 12 heavy (non-hydrogen) atoms. The lowest BCUT2D eigenvalue weighted by molar-refractivity contribution is 0.483. The van der Waals surface area contributed by atoms with Crippen LogP contribution in [0.15, 0.2) is 21.4 Å². The second kappa shape index (κ2) is 2.52. The summed E-state index contributed by atoms with van der Waals surface area (Å²) < 4.78 is 4.92. The van der Waals surface area contributed by atoms with E-state index in [1.165, 1.54) is 0 Å². The number of H-pyrrole nitrogens is 1. The number of nitrogens with one attached hydrogen (secondary N) is 1. The molecule has 2 rings (SSSR count). The van der Waals surface area contributed by atoms with Crippen LogP contribution < -0.4 is 16.5 Å². The summed E-state index contributed by atoms with van der Waals surface area (Å²) in [4.78, 5) is 13.4.